The van der Waals surface area contributed by atoms with Crippen molar-refractivity contribution in [2.24, 2.45) is 0 Å². The summed E-state index contributed by atoms with van der Waals surface area (Å²) in [6.07, 6.45) is 0. The van der Waals surface area contributed by atoms with Crippen LogP contribution in [0, 0.1) is 0 Å². The van der Waals surface area contributed by atoms with Gasteiger partial charge in [-0.3, -0.25) is 0 Å². The molecule has 1 saturated heterocycles. The van der Waals surface area contributed by atoms with E-state index in [4.69, 9.17) is 10.5 Å². The molecule has 3 heterocycles. The monoisotopic (exact) mass is 306 g/mol. The summed E-state index contributed by atoms with van der Waals surface area (Å²) in [6, 6.07) is 4.13. The Hall–Kier alpha value is -1.93. The molecule has 21 heavy (non-hydrogen) atoms. The van der Waals surface area contributed by atoms with Crippen LogP contribution in [0.5, 0.6) is 0 Å². The number of hydrogen-bond acceptors (Lipinski definition) is 8. The number of nitrogen functional groups attached to an aromatic ring is 1. The molecule has 0 radical (unpaired) electrons. The van der Waals surface area contributed by atoms with E-state index in [0.29, 0.717) is 25.1 Å². The number of aromatic nitrogens is 3. The molecule has 2 aromatic heterocycles. The Morgan fingerprint density at radius 1 is 1.33 bits per heavy atom. The Bertz CT molecular complexity index is 584. The third-order valence-corrected chi connectivity index (χ3v) is 4.10. The summed E-state index contributed by atoms with van der Waals surface area (Å²) in [6.45, 7) is 3.68. The number of ether oxygens (including phenoxy) is 1. The minimum atomic E-state index is 0.250. The van der Waals surface area contributed by atoms with Crippen molar-refractivity contribution in [3.05, 3.63) is 22.4 Å². The summed E-state index contributed by atoms with van der Waals surface area (Å²) < 4.78 is 5.35. The lowest BCUT2D eigenvalue weighted by molar-refractivity contribution is 0.122. The van der Waals surface area contributed by atoms with E-state index in [1.807, 2.05) is 18.0 Å². The Morgan fingerprint density at radius 3 is 2.86 bits per heavy atom. The van der Waals surface area contributed by atoms with Gasteiger partial charge >= 0.3 is 0 Å². The summed E-state index contributed by atoms with van der Waals surface area (Å²) >= 11 is 1.71. The Labute approximate surface area is 127 Å². The molecule has 2 aromatic rings. The van der Waals surface area contributed by atoms with E-state index in [2.05, 4.69) is 31.3 Å². The van der Waals surface area contributed by atoms with Gasteiger partial charge in [-0.2, -0.15) is 15.0 Å². The standard InChI is InChI=1S/C13H18N6OS/c1-18(9-10-3-2-8-21-10)12-15-11(14)16-13(17-12)19-4-6-20-7-5-19/h2-3,8H,4-7,9H2,1H3,(H2,14,15,16,17). The maximum atomic E-state index is 5.83. The fourth-order valence-corrected chi connectivity index (χ4v) is 2.91. The lowest BCUT2D eigenvalue weighted by Gasteiger charge is -2.27. The van der Waals surface area contributed by atoms with Crippen molar-refractivity contribution in [3.63, 3.8) is 0 Å². The predicted octanol–water partition coefficient (Wildman–Crippen LogP) is 0.988. The topological polar surface area (TPSA) is 80.4 Å². The number of rotatable bonds is 4. The zero-order chi connectivity index (χ0) is 14.7. The number of nitrogens with zero attached hydrogens (tertiary/aromatic N) is 5. The number of hydrogen-bond donors (Lipinski definition) is 1. The molecular formula is C13H18N6OS. The molecule has 0 spiro atoms. The maximum absolute atomic E-state index is 5.83. The van der Waals surface area contributed by atoms with Crippen molar-refractivity contribution in [2.45, 2.75) is 6.54 Å². The van der Waals surface area contributed by atoms with Crippen molar-refractivity contribution in [2.75, 3.05) is 48.9 Å². The van der Waals surface area contributed by atoms with Gasteiger partial charge in [-0.05, 0) is 11.4 Å². The van der Waals surface area contributed by atoms with Crippen LogP contribution in [0.1, 0.15) is 4.88 Å². The third kappa shape index (κ3) is 3.40. The zero-order valence-corrected chi connectivity index (χ0v) is 12.7. The molecule has 0 atom stereocenters. The minimum Gasteiger partial charge on any atom is -0.378 e. The average molecular weight is 306 g/mol. The second kappa shape index (κ2) is 6.23. The molecule has 7 nitrogen and oxygen atoms in total. The van der Waals surface area contributed by atoms with E-state index < -0.39 is 0 Å². The molecule has 3 rings (SSSR count). The summed E-state index contributed by atoms with van der Waals surface area (Å²) in [7, 11) is 1.96. The third-order valence-electron chi connectivity index (χ3n) is 3.24. The molecular weight excluding hydrogens is 288 g/mol. The molecule has 0 aromatic carbocycles. The van der Waals surface area contributed by atoms with Crippen LogP contribution < -0.4 is 15.5 Å². The lowest BCUT2D eigenvalue weighted by Crippen LogP contribution is -2.38. The Balaban J connectivity index is 1.79. The van der Waals surface area contributed by atoms with Crippen molar-refractivity contribution in [1.29, 1.82) is 0 Å². The largest absolute Gasteiger partial charge is 0.378 e. The van der Waals surface area contributed by atoms with Gasteiger partial charge in [0.25, 0.3) is 0 Å². The average Bonchev–Trinajstić information content (AvgIpc) is 3.00. The molecule has 0 saturated carbocycles. The van der Waals surface area contributed by atoms with Crippen molar-refractivity contribution in [3.8, 4) is 0 Å². The first-order valence-electron chi connectivity index (χ1n) is 6.80. The van der Waals surface area contributed by atoms with Crippen LogP contribution in [-0.4, -0.2) is 48.3 Å². The van der Waals surface area contributed by atoms with Crippen molar-refractivity contribution >= 4 is 29.2 Å². The van der Waals surface area contributed by atoms with Crippen LogP contribution in [0.3, 0.4) is 0 Å². The first-order chi connectivity index (χ1) is 10.2. The number of morpholine rings is 1. The van der Waals surface area contributed by atoms with Gasteiger partial charge in [0.2, 0.25) is 17.8 Å². The molecule has 1 aliphatic heterocycles. The highest BCUT2D eigenvalue weighted by atomic mass is 32.1. The van der Waals surface area contributed by atoms with E-state index in [1.165, 1.54) is 4.88 Å². The normalized spacial score (nSPS) is 15.2. The second-order valence-electron chi connectivity index (χ2n) is 4.83. The molecule has 0 unspecified atom stereocenters. The van der Waals surface area contributed by atoms with Crippen LogP contribution in [0.4, 0.5) is 17.8 Å². The molecule has 0 bridgehead atoms. The van der Waals surface area contributed by atoms with E-state index in [9.17, 15) is 0 Å². The van der Waals surface area contributed by atoms with Crippen molar-refractivity contribution in [1.82, 2.24) is 15.0 Å². The highest BCUT2D eigenvalue weighted by Crippen LogP contribution is 2.18. The first kappa shape index (κ1) is 14.0. The van der Waals surface area contributed by atoms with Crippen LogP contribution >= 0.6 is 11.3 Å². The minimum absolute atomic E-state index is 0.250. The molecule has 0 aliphatic carbocycles. The number of nitrogens with two attached hydrogens (primary N) is 1. The van der Waals surface area contributed by atoms with E-state index in [-0.39, 0.29) is 5.95 Å². The van der Waals surface area contributed by atoms with Gasteiger partial charge in [-0.25, -0.2) is 0 Å². The highest BCUT2D eigenvalue weighted by Gasteiger charge is 2.17. The van der Waals surface area contributed by atoms with E-state index in [1.54, 1.807) is 11.3 Å². The summed E-state index contributed by atoms with van der Waals surface area (Å²) in [5, 5.41) is 2.06. The summed E-state index contributed by atoms with van der Waals surface area (Å²) in [5.41, 5.74) is 5.83. The maximum Gasteiger partial charge on any atom is 0.232 e. The molecule has 112 valence electrons. The SMILES string of the molecule is CN(Cc1cccs1)c1nc(N)nc(N2CCOCC2)n1. The molecule has 0 amide bonds. The van der Waals surface area contributed by atoms with Gasteiger partial charge in [-0.1, -0.05) is 6.07 Å². The van der Waals surface area contributed by atoms with Crippen LogP contribution in [0.15, 0.2) is 17.5 Å². The second-order valence-corrected chi connectivity index (χ2v) is 5.86. The fourth-order valence-electron chi connectivity index (χ4n) is 2.15. The van der Waals surface area contributed by atoms with Gasteiger partial charge in [0.15, 0.2) is 0 Å². The fraction of sp³-hybridized carbons (Fsp3) is 0.462. The zero-order valence-electron chi connectivity index (χ0n) is 11.9. The quantitative estimate of drug-likeness (QED) is 0.902. The van der Waals surface area contributed by atoms with Gasteiger partial charge in [-0.15, -0.1) is 11.3 Å². The van der Waals surface area contributed by atoms with Crippen LogP contribution in [-0.2, 0) is 11.3 Å². The first-order valence-corrected chi connectivity index (χ1v) is 7.68. The molecule has 2 N–H and O–H groups in total. The molecule has 1 aliphatic rings. The van der Waals surface area contributed by atoms with Gasteiger partial charge < -0.3 is 20.3 Å². The Kier molecular flexibility index (Phi) is 4.16. The molecule has 1 fully saturated rings. The smallest absolute Gasteiger partial charge is 0.232 e. The van der Waals surface area contributed by atoms with Crippen LogP contribution in [0.2, 0.25) is 0 Å². The van der Waals surface area contributed by atoms with E-state index >= 15 is 0 Å². The van der Waals surface area contributed by atoms with Crippen LogP contribution in [0.25, 0.3) is 0 Å². The highest BCUT2D eigenvalue weighted by molar-refractivity contribution is 7.09. The van der Waals surface area contributed by atoms with E-state index in [0.717, 1.165) is 19.6 Å². The number of thiophene rings is 1. The predicted molar refractivity (Wildman–Crippen MR) is 83.7 cm³/mol. The number of anilines is 3. The lowest BCUT2D eigenvalue weighted by atomic mass is 10.4. The summed E-state index contributed by atoms with van der Waals surface area (Å²) in [5.74, 6) is 1.47. The summed E-state index contributed by atoms with van der Waals surface area (Å²) in [4.78, 5) is 18.3. The van der Waals surface area contributed by atoms with Gasteiger partial charge in [0.05, 0.1) is 19.8 Å². The van der Waals surface area contributed by atoms with Gasteiger partial charge in [0.1, 0.15) is 0 Å². The van der Waals surface area contributed by atoms with Crippen molar-refractivity contribution < 1.29 is 4.74 Å². The molecule has 8 heteroatoms. The Morgan fingerprint density at radius 2 is 2.14 bits per heavy atom. The van der Waals surface area contributed by atoms with Gasteiger partial charge in [0, 0.05) is 25.0 Å².